The van der Waals surface area contributed by atoms with Crippen LogP contribution in [0.4, 0.5) is 5.69 Å². The summed E-state index contributed by atoms with van der Waals surface area (Å²) >= 11 is 0. The van der Waals surface area contributed by atoms with Gasteiger partial charge < -0.3 is 15.6 Å². The molecule has 4 rings (SSSR count). The molecule has 4 aromatic rings. The number of anilines is 1. The molecule has 1 aromatic heterocycles. The van der Waals surface area contributed by atoms with Gasteiger partial charge in [-0.3, -0.25) is 4.79 Å². The Balaban J connectivity index is 1.57. The first-order valence-electron chi connectivity index (χ1n) is 11.0. The lowest BCUT2D eigenvalue weighted by Gasteiger charge is -2.19. The monoisotopic (exact) mass is 423 g/mol. The first-order chi connectivity index (χ1) is 15.5. The van der Waals surface area contributed by atoms with Crippen molar-refractivity contribution in [1.82, 2.24) is 10.3 Å². The summed E-state index contributed by atoms with van der Waals surface area (Å²) in [6.45, 7) is 6.36. The molecule has 0 aliphatic carbocycles. The zero-order valence-electron chi connectivity index (χ0n) is 18.7. The molecule has 0 radical (unpaired) electrons. The second kappa shape index (κ2) is 9.56. The predicted octanol–water partition coefficient (Wildman–Crippen LogP) is 6.62. The van der Waals surface area contributed by atoms with Crippen LogP contribution in [-0.2, 0) is 4.79 Å². The molecule has 0 aliphatic heterocycles. The zero-order chi connectivity index (χ0) is 22.5. The largest absolute Gasteiger partial charge is 0.376 e. The highest BCUT2D eigenvalue weighted by Crippen LogP contribution is 2.25. The highest BCUT2D eigenvalue weighted by molar-refractivity contribution is 5.96. The van der Waals surface area contributed by atoms with Gasteiger partial charge >= 0.3 is 0 Å². The SMILES string of the molecule is CC(=CNC(C(=O)Nc1ccc(C(C)C)cc1)c1ccccc1)c1c[nH]c2ccccc12. The lowest BCUT2D eigenvalue weighted by Crippen LogP contribution is -2.30. The molecule has 0 saturated carbocycles. The number of hydrogen-bond acceptors (Lipinski definition) is 2. The fourth-order valence-corrected chi connectivity index (χ4v) is 3.82. The highest BCUT2D eigenvalue weighted by atomic mass is 16.2. The predicted molar refractivity (Wildman–Crippen MR) is 133 cm³/mol. The Hall–Kier alpha value is -3.79. The molecule has 0 aliphatic rings. The standard InChI is InChI=1S/C28H29N3O/c1-19(2)21-13-15-23(16-14-21)31-28(32)27(22-9-5-4-6-10-22)30-17-20(3)25-18-29-26-12-8-7-11-24(25)26/h4-19,27,29-30H,1-3H3,(H,31,32). The van der Waals surface area contributed by atoms with Gasteiger partial charge in [0.1, 0.15) is 6.04 Å². The molecule has 32 heavy (non-hydrogen) atoms. The van der Waals surface area contributed by atoms with Gasteiger partial charge in [-0.2, -0.15) is 0 Å². The van der Waals surface area contributed by atoms with E-state index in [-0.39, 0.29) is 5.91 Å². The summed E-state index contributed by atoms with van der Waals surface area (Å²) in [5, 5.41) is 7.57. The van der Waals surface area contributed by atoms with Gasteiger partial charge in [-0.15, -0.1) is 0 Å². The Morgan fingerprint density at radius 2 is 1.56 bits per heavy atom. The Labute approximate surface area is 189 Å². The third-order valence-corrected chi connectivity index (χ3v) is 5.72. The second-order valence-corrected chi connectivity index (χ2v) is 8.35. The van der Waals surface area contributed by atoms with E-state index in [1.54, 1.807) is 0 Å². The molecule has 3 aromatic carbocycles. The maximum absolute atomic E-state index is 13.2. The van der Waals surface area contributed by atoms with Crippen LogP contribution in [0.1, 0.15) is 49.4 Å². The van der Waals surface area contributed by atoms with Gasteiger partial charge in [-0.05, 0) is 47.7 Å². The van der Waals surface area contributed by atoms with Crippen LogP contribution >= 0.6 is 0 Å². The summed E-state index contributed by atoms with van der Waals surface area (Å²) in [4.78, 5) is 16.5. The molecule has 0 saturated heterocycles. The van der Waals surface area contributed by atoms with Gasteiger partial charge in [0.05, 0.1) is 0 Å². The quantitative estimate of drug-likeness (QED) is 0.313. The minimum Gasteiger partial charge on any atom is -0.376 e. The topological polar surface area (TPSA) is 56.9 Å². The van der Waals surface area contributed by atoms with Gasteiger partial charge in [-0.25, -0.2) is 0 Å². The summed E-state index contributed by atoms with van der Waals surface area (Å²) in [6.07, 6.45) is 3.93. The van der Waals surface area contributed by atoms with Crippen LogP contribution in [0.25, 0.3) is 16.5 Å². The average Bonchev–Trinajstić information content (AvgIpc) is 3.24. The highest BCUT2D eigenvalue weighted by Gasteiger charge is 2.19. The van der Waals surface area contributed by atoms with Crippen molar-refractivity contribution in [3.63, 3.8) is 0 Å². The minimum absolute atomic E-state index is 0.100. The number of aromatic nitrogens is 1. The van der Waals surface area contributed by atoms with E-state index in [4.69, 9.17) is 0 Å². The van der Waals surface area contributed by atoms with E-state index in [9.17, 15) is 4.79 Å². The van der Waals surface area contributed by atoms with Crippen LogP contribution < -0.4 is 10.6 Å². The molecule has 162 valence electrons. The van der Waals surface area contributed by atoms with Crippen molar-refractivity contribution in [2.75, 3.05) is 5.32 Å². The van der Waals surface area contributed by atoms with Crippen molar-refractivity contribution in [2.45, 2.75) is 32.7 Å². The molecule has 1 amide bonds. The van der Waals surface area contributed by atoms with Crippen LogP contribution in [0, 0.1) is 0 Å². The third kappa shape index (κ3) is 4.75. The van der Waals surface area contributed by atoms with Crippen LogP contribution in [0.3, 0.4) is 0 Å². The smallest absolute Gasteiger partial charge is 0.251 e. The van der Waals surface area contributed by atoms with Crippen molar-refractivity contribution in [3.05, 3.63) is 108 Å². The Bertz CT molecular complexity index is 1220. The normalized spacial score (nSPS) is 12.7. The van der Waals surface area contributed by atoms with Crippen molar-refractivity contribution in [1.29, 1.82) is 0 Å². The Morgan fingerprint density at radius 1 is 0.875 bits per heavy atom. The zero-order valence-corrected chi connectivity index (χ0v) is 18.7. The minimum atomic E-state index is -0.513. The van der Waals surface area contributed by atoms with Crippen LogP contribution in [0.2, 0.25) is 0 Å². The summed E-state index contributed by atoms with van der Waals surface area (Å²) in [5.74, 6) is 0.354. The van der Waals surface area contributed by atoms with E-state index in [0.29, 0.717) is 5.92 Å². The van der Waals surface area contributed by atoms with Gasteiger partial charge in [0, 0.05) is 34.6 Å². The molecule has 0 bridgehead atoms. The number of benzene rings is 3. The maximum Gasteiger partial charge on any atom is 0.251 e. The average molecular weight is 424 g/mol. The molecule has 0 fully saturated rings. The number of carbonyl (C=O) groups is 1. The number of hydrogen-bond donors (Lipinski definition) is 3. The summed E-state index contributed by atoms with van der Waals surface area (Å²) in [5.41, 5.74) is 6.21. The van der Waals surface area contributed by atoms with Gasteiger partial charge in [0.2, 0.25) is 0 Å². The molecule has 4 nitrogen and oxygen atoms in total. The molecule has 4 heteroatoms. The number of fused-ring (bicyclic) bond motifs is 1. The Morgan fingerprint density at radius 3 is 2.28 bits per heavy atom. The lowest BCUT2D eigenvalue weighted by atomic mass is 10.0. The van der Waals surface area contributed by atoms with Crippen LogP contribution in [0.15, 0.2) is 91.3 Å². The van der Waals surface area contributed by atoms with Crippen molar-refractivity contribution < 1.29 is 4.79 Å². The van der Waals surface area contributed by atoms with E-state index in [0.717, 1.165) is 33.3 Å². The molecular formula is C28H29N3O. The van der Waals surface area contributed by atoms with Crippen LogP contribution in [0.5, 0.6) is 0 Å². The molecule has 1 unspecified atom stereocenters. The van der Waals surface area contributed by atoms with E-state index in [1.165, 1.54) is 5.56 Å². The molecule has 1 heterocycles. The number of rotatable bonds is 7. The van der Waals surface area contributed by atoms with Crippen molar-refractivity contribution in [2.24, 2.45) is 0 Å². The number of para-hydroxylation sites is 1. The van der Waals surface area contributed by atoms with Crippen LogP contribution in [-0.4, -0.2) is 10.9 Å². The number of carbonyl (C=O) groups excluding carboxylic acids is 1. The number of amides is 1. The number of nitrogens with one attached hydrogen (secondary N) is 3. The van der Waals surface area contributed by atoms with Gasteiger partial charge in [0.25, 0.3) is 5.91 Å². The van der Waals surface area contributed by atoms with Crippen molar-refractivity contribution >= 4 is 28.1 Å². The van der Waals surface area contributed by atoms with Crippen molar-refractivity contribution in [3.8, 4) is 0 Å². The van der Waals surface area contributed by atoms with E-state index in [1.807, 2.05) is 73.9 Å². The van der Waals surface area contributed by atoms with Gasteiger partial charge in [0.15, 0.2) is 0 Å². The summed E-state index contributed by atoms with van der Waals surface area (Å²) in [6, 6.07) is 25.5. The first kappa shape index (κ1) is 21.4. The number of aromatic amines is 1. The second-order valence-electron chi connectivity index (χ2n) is 8.35. The van der Waals surface area contributed by atoms with Gasteiger partial charge in [-0.1, -0.05) is 74.5 Å². The number of allylic oxidation sites excluding steroid dienone is 1. The summed E-state index contributed by atoms with van der Waals surface area (Å²) in [7, 11) is 0. The molecule has 1 atom stereocenters. The number of H-pyrrole nitrogens is 1. The fourth-order valence-electron chi connectivity index (χ4n) is 3.82. The Kier molecular flexibility index (Phi) is 6.41. The third-order valence-electron chi connectivity index (χ3n) is 5.72. The fraction of sp³-hybridized carbons (Fsp3) is 0.179. The van der Waals surface area contributed by atoms with E-state index in [2.05, 4.69) is 53.7 Å². The molecular weight excluding hydrogens is 394 g/mol. The first-order valence-corrected chi connectivity index (χ1v) is 11.0. The molecule has 0 spiro atoms. The van der Waals surface area contributed by atoms with E-state index < -0.39 is 6.04 Å². The lowest BCUT2D eigenvalue weighted by molar-refractivity contribution is -0.118. The molecule has 3 N–H and O–H groups in total. The maximum atomic E-state index is 13.2. The van der Waals surface area contributed by atoms with E-state index >= 15 is 0 Å². The summed E-state index contributed by atoms with van der Waals surface area (Å²) < 4.78 is 0.